The molecular formula is C23H28N2O. The Bertz CT molecular complexity index is 777. The van der Waals surface area contributed by atoms with Gasteiger partial charge in [0.25, 0.3) is 5.91 Å². The summed E-state index contributed by atoms with van der Waals surface area (Å²) in [6.07, 6.45) is 6.29. The lowest BCUT2D eigenvalue weighted by Crippen LogP contribution is -2.41. The van der Waals surface area contributed by atoms with Crippen molar-refractivity contribution < 1.29 is 4.79 Å². The van der Waals surface area contributed by atoms with Gasteiger partial charge in [0.2, 0.25) is 0 Å². The SMILES string of the molecule is Cc1ccc(CNC(=O)c2ccc3c(c2)CCN(C2CCC2)CC3)cc1. The monoisotopic (exact) mass is 348 g/mol. The maximum absolute atomic E-state index is 12.6. The first-order valence-electron chi connectivity index (χ1n) is 9.88. The van der Waals surface area contributed by atoms with Gasteiger partial charge >= 0.3 is 0 Å². The molecule has 2 aliphatic rings. The fourth-order valence-corrected chi connectivity index (χ4v) is 3.99. The van der Waals surface area contributed by atoms with Gasteiger partial charge in [-0.2, -0.15) is 0 Å². The van der Waals surface area contributed by atoms with Gasteiger partial charge in [-0.05, 0) is 61.4 Å². The molecule has 136 valence electrons. The molecule has 0 atom stereocenters. The summed E-state index contributed by atoms with van der Waals surface area (Å²) in [5.41, 5.74) is 5.93. The highest BCUT2D eigenvalue weighted by atomic mass is 16.1. The zero-order valence-corrected chi connectivity index (χ0v) is 15.6. The maximum Gasteiger partial charge on any atom is 0.251 e. The Hall–Kier alpha value is -2.13. The van der Waals surface area contributed by atoms with Crippen LogP contribution < -0.4 is 5.32 Å². The molecule has 0 bridgehead atoms. The quantitative estimate of drug-likeness (QED) is 0.909. The van der Waals surface area contributed by atoms with Gasteiger partial charge in [-0.25, -0.2) is 0 Å². The summed E-state index contributed by atoms with van der Waals surface area (Å²) in [6.45, 7) is 4.94. The van der Waals surface area contributed by atoms with Crippen molar-refractivity contribution in [3.63, 3.8) is 0 Å². The average Bonchev–Trinajstić information content (AvgIpc) is 2.82. The zero-order chi connectivity index (χ0) is 17.9. The lowest BCUT2D eigenvalue weighted by Gasteiger charge is -2.36. The molecule has 1 N–H and O–H groups in total. The fraction of sp³-hybridized carbons (Fsp3) is 0.435. The molecule has 0 spiro atoms. The number of carbonyl (C=O) groups excluding carboxylic acids is 1. The van der Waals surface area contributed by atoms with E-state index in [0.717, 1.165) is 43.1 Å². The van der Waals surface area contributed by atoms with Gasteiger partial charge in [0.05, 0.1) is 0 Å². The lowest BCUT2D eigenvalue weighted by molar-refractivity contribution is 0.0951. The number of hydrogen-bond acceptors (Lipinski definition) is 2. The number of amides is 1. The van der Waals surface area contributed by atoms with Crippen LogP contribution in [0.1, 0.15) is 51.9 Å². The first kappa shape index (κ1) is 17.3. The molecule has 1 saturated carbocycles. The average molecular weight is 348 g/mol. The van der Waals surface area contributed by atoms with Crippen LogP contribution in [0.2, 0.25) is 0 Å². The standard InChI is InChI=1S/C23H28N2O/c1-17-5-7-18(8-6-17)16-24-23(26)21-10-9-19-11-13-25(22-3-2-4-22)14-12-20(19)15-21/h5-10,15,22H,2-4,11-14,16H2,1H3,(H,24,26). The van der Waals surface area contributed by atoms with Gasteiger partial charge in [0.1, 0.15) is 0 Å². The normalized spacial score (nSPS) is 17.9. The van der Waals surface area contributed by atoms with Crippen molar-refractivity contribution in [1.29, 1.82) is 0 Å². The Morgan fingerprint density at radius 2 is 1.77 bits per heavy atom. The zero-order valence-electron chi connectivity index (χ0n) is 15.6. The van der Waals surface area contributed by atoms with Crippen LogP contribution in [0.25, 0.3) is 0 Å². The van der Waals surface area contributed by atoms with Crippen molar-refractivity contribution in [2.75, 3.05) is 13.1 Å². The number of nitrogens with zero attached hydrogens (tertiary/aromatic N) is 1. The summed E-state index contributed by atoms with van der Waals surface area (Å²) in [5, 5.41) is 3.05. The van der Waals surface area contributed by atoms with Gasteiger partial charge in [-0.1, -0.05) is 42.3 Å². The van der Waals surface area contributed by atoms with E-state index in [9.17, 15) is 4.79 Å². The molecule has 3 heteroatoms. The Morgan fingerprint density at radius 1 is 1.04 bits per heavy atom. The highest BCUT2D eigenvalue weighted by molar-refractivity contribution is 5.94. The molecule has 1 amide bonds. The Kier molecular flexibility index (Phi) is 5.07. The molecule has 1 heterocycles. The lowest BCUT2D eigenvalue weighted by atomic mass is 9.91. The minimum atomic E-state index is 0.0217. The number of carbonyl (C=O) groups is 1. The highest BCUT2D eigenvalue weighted by Gasteiger charge is 2.26. The number of hydrogen-bond donors (Lipinski definition) is 1. The highest BCUT2D eigenvalue weighted by Crippen LogP contribution is 2.27. The fourth-order valence-electron chi connectivity index (χ4n) is 3.99. The minimum absolute atomic E-state index is 0.0217. The number of fused-ring (bicyclic) bond motifs is 1. The summed E-state index contributed by atoms with van der Waals surface area (Å²) < 4.78 is 0. The first-order valence-corrected chi connectivity index (χ1v) is 9.88. The molecule has 26 heavy (non-hydrogen) atoms. The molecular weight excluding hydrogens is 320 g/mol. The van der Waals surface area contributed by atoms with Crippen LogP contribution in [-0.2, 0) is 19.4 Å². The van der Waals surface area contributed by atoms with Gasteiger partial charge < -0.3 is 5.32 Å². The van der Waals surface area contributed by atoms with Crippen LogP contribution in [0.4, 0.5) is 0 Å². The van der Waals surface area contributed by atoms with E-state index in [4.69, 9.17) is 0 Å². The second-order valence-corrected chi connectivity index (χ2v) is 7.77. The van der Waals surface area contributed by atoms with Gasteiger partial charge in [0.15, 0.2) is 0 Å². The van der Waals surface area contributed by atoms with E-state index in [1.54, 1.807) is 0 Å². The first-order chi connectivity index (χ1) is 12.7. The van der Waals surface area contributed by atoms with Gasteiger partial charge in [-0.3, -0.25) is 9.69 Å². The molecule has 0 radical (unpaired) electrons. The van der Waals surface area contributed by atoms with E-state index >= 15 is 0 Å². The van der Waals surface area contributed by atoms with E-state index in [1.807, 2.05) is 6.07 Å². The molecule has 0 aromatic heterocycles. The third-order valence-corrected chi connectivity index (χ3v) is 5.97. The van der Waals surface area contributed by atoms with Crippen molar-refractivity contribution in [1.82, 2.24) is 10.2 Å². The van der Waals surface area contributed by atoms with Crippen LogP contribution in [-0.4, -0.2) is 29.9 Å². The second-order valence-electron chi connectivity index (χ2n) is 7.77. The number of rotatable bonds is 4. The maximum atomic E-state index is 12.6. The van der Waals surface area contributed by atoms with E-state index in [1.165, 1.54) is 36.0 Å². The second kappa shape index (κ2) is 7.63. The molecule has 0 unspecified atom stereocenters. The van der Waals surface area contributed by atoms with Crippen molar-refractivity contribution >= 4 is 5.91 Å². The molecule has 3 nitrogen and oxygen atoms in total. The van der Waals surface area contributed by atoms with Crippen molar-refractivity contribution in [3.05, 3.63) is 70.3 Å². The predicted molar refractivity (Wildman–Crippen MR) is 105 cm³/mol. The van der Waals surface area contributed by atoms with Crippen molar-refractivity contribution in [2.24, 2.45) is 0 Å². The molecule has 1 aliphatic carbocycles. The van der Waals surface area contributed by atoms with Crippen molar-refractivity contribution in [3.8, 4) is 0 Å². The van der Waals surface area contributed by atoms with E-state index in [2.05, 4.69) is 53.5 Å². The summed E-state index contributed by atoms with van der Waals surface area (Å²) in [6, 6.07) is 15.4. The van der Waals surface area contributed by atoms with E-state index < -0.39 is 0 Å². The molecule has 1 fully saturated rings. The van der Waals surface area contributed by atoms with Gasteiger partial charge in [-0.15, -0.1) is 0 Å². The smallest absolute Gasteiger partial charge is 0.251 e. The largest absolute Gasteiger partial charge is 0.348 e. The third-order valence-electron chi connectivity index (χ3n) is 5.97. The Labute approximate surface area is 156 Å². The Morgan fingerprint density at radius 3 is 2.46 bits per heavy atom. The molecule has 1 aliphatic heterocycles. The number of aryl methyl sites for hydroxylation is 1. The third kappa shape index (κ3) is 3.83. The number of benzene rings is 2. The van der Waals surface area contributed by atoms with Crippen LogP contribution in [0.3, 0.4) is 0 Å². The Balaban J connectivity index is 1.39. The molecule has 0 saturated heterocycles. The summed E-state index contributed by atoms with van der Waals surface area (Å²) in [5.74, 6) is 0.0217. The summed E-state index contributed by atoms with van der Waals surface area (Å²) in [4.78, 5) is 15.2. The molecule has 2 aromatic rings. The van der Waals surface area contributed by atoms with Crippen LogP contribution in [0.5, 0.6) is 0 Å². The van der Waals surface area contributed by atoms with Crippen molar-refractivity contribution in [2.45, 2.75) is 51.6 Å². The van der Waals surface area contributed by atoms with Crippen LogP contribution in [0.15, 0.2) is 42.5 Å². The van der Waals surface area contributed by atoms with Crippen LogP contribution >= 0.6 is 0 Å². The number of nitrogens with one attached hydrogen (secondary N) is 1. The minimum Gasteiger partial charge on any atom is -0.348 e. The topological polar surface area (TPSA) is 32.3 Å². The molecule has 4 rings (SSSR count). The van der Waals surface area contributed by atoms with E-state index in [-0.39, 0.29) is 5.91 Å². The summed E-state index contributed by atoms with van der Waals surface area (Å²) >= 11 is 0. The predicted octanol–water partition coefficient (Wildman–Crippen LogP) is 3.88. The summed E-state index contributed by atoms with van der Waals surface area (Å²) in [7, 11) is 0. The van der Waals surface area contributed by atoms with Crippen LogP contribution in [0, 0.1) is 6.92 Å². The van der Waals surface area contributed by atoms with E-state index in [0.29, 0.717) is 6.54 Å². The van der Waals surface area contributed by atoms with Gasteiger partial charge in [0, 0.05) is 31.2 Å². The molecule has 2 aromatic carbocycles.